The van der Waals surface area contributed by atoms with Crippen molar-refractivity contribution in [3.8, 4) is 17.2 Å². The largest absolute Gasteiger partial charge is 0.493 e. The molecule has 1 heterocycles. The molecule has 0 saturated heterocycles. The van der Waals surface area contributed by atoms with Crippen molar-refractivity contribution >= 4 is 46.8 Å². The van der Waals surface area contributed by atoms with Gasteiger partial charge in [-0.1, -0.05) is 34.8 Å². The lowest BCUT2D eigenvalue weighted by Crippen LogP contribution is -2.45. The number of carbonyl (C=O) groups excluding carboxylic acids is 2. The minimum Gasteiger partial charge on any atom is -0.493 e. The summed E-state index contributed by atoms with van der Waals surface area (Å²) < 4.78 is 19.3. The number of hydrogen-bond donors (Lipinski definition) is 2. The third-order valence-electron chi connectivity index (χ3n) is 3.88. The molecular formula is C17H19Cl3N2O6. The van der Waals surface area contributed by atoms with Gasteiger partial charge in [-0.15, -0.1) is 0 Å². The Balaban J connectivity index is 2.50. The van der Waals surface area contributed by atoms with Crippen LogP contribution in [-0.2, 0) is 9.53 Å². The zero-order valence-corrected chi connectivity index (χ0v) is 17.8. The van der Waals surface area contributed by atoms with Gasteiger partial charge in [-0.2, -0.15) is 0 Å². The maximum absolute atomic E-state index is 12.6. The highest BCUT2D eigenvalue weighted by Crippen LogP contribution is 2.41. The van der Waals surface area contributed by atoms with Gasteiger partial charge in [0, 0.05) is 5.70 Å². The molecule has 0 unspecified atom stereocenters. The van der Waals surface area contributed by atoms with Crippen molar-refractivity contribution < 1.29 is 28.5 Å². The summed E-state index contributed by atoms with van der Waals surface area (Å²) in [6.45, 7) is 1.11. The van der Waals surface area contributed by atoms with Crippen LogP contribution in [0.2, 0.25) is 0 Å². The van der Waals surface area contributed by atoms with Gasteiger partial charge in [-0.3, -0.25) is 0 Å². The average molecular weight is 454 g/mol. The van der Waals surface area contributed by atoms with E-state index in [0.717, 1.165) is 0 Å². The van der Waals surface area contributed by atoms with E-state index in [-0.39, 0.29) is 5.57 Å². The number of hydrogen-bond acceptors (Lipinski definition) is 6. The van der Waals surface area contributed by atoms with Crippen molar-refractivity contribution in [2.45, 2.75) is 16.8 Å². The zero-order valence-electron chi connectivity index (χ0n) is 15.5. The predicted molar refractivity (Wildman–Crippen MR) is 104 cm³/mol. The Morgan fingerprint density at radius 2 is 1.68 bits per heavy atom. The number of methoxy groups -OCH3 is 3. The molecule has 0 spiro atoms. The molecule has 11 heteroatoms. The van der Waals surface area contributed by atoms with Crippen LogP contribution in [0.15, 0.2) is 23.4 Å². The van der Waals surface area contributed by atoms with Crippen molar-refractivity contribution in [2.75, 3.05) is 27.9 Å². The maximum atomic E-state index is 12.6. The molecular weight excluding hydrogens is 435 g/mol. The summed E-state index contributed by atoms with van der Waals surface area (Å²) >= 11 is 16.9. The van der Waals surface area contributed by atoms with Crippen LogP contribution in [0.25, 0.3) is 0 Å². The number of urea groups is 1. The Hall–Kier alpha value is -2.03. The van der Waals surface area contributed by atoms with E-state index in [1.54, 1.807) is 19.1 Å². The van der Waals surface area contributed by atoms with Gasteiger partial charge in [0.1, 0.15) is 6.61 Å². The summed E-state index contributed by atoms with van der Waals surface area (Å²) in [6, 6.07) is 1.89. The molecule has 0 saturated carbocycles. The molecule has 2 rings (SSSR count). The standard InChI is InChI=1S/C17H19Cl3N2O6/c1-8-12(15(23)28-7-17(18,19)20)13(22-16(24)21-8)9-5-10(25-2)14(27-4)11(6-9)26-3/h5-6,13H,7H2,1-4H3,(H2,21,22,24)/t13-/m0/s1. The first kappa shape index (κ1) is 22.3. The van der Waals surface area contributed by atoms with Crippen molar-refractivity contribution in [2.24, 2.45) is 0 Å². The fourth-order valence-corrected chi connectivity index (χ4v) is 2.87. The van der Waals surface area contributed by atoms with Crippen molar-refractivity contribution in [3.05, 3.63) is 29.0 Å². The number of benzene rings is 1. The van der Waals surface area contributed by atoms with Crippen molar-refractivity contribution in [1.29, 1.82) is 0 Å². The fraction of sp³-hybridized carbons (Fsp3) is 0.412. The van der Waals surface area contributed by atoms with Crippen LogP contribution in [-0.4, -0.2) is 43.7 Å². The highest BCUT2D eigenvalue weighted by molar-refractivity contribution is 6.67. The predicted octanol–water partition coefficient (Wildman–Crippen LogP) is 3.25. The molecule has 0 bridgehead atoms. The Labute approximate surface area is 177 Å². The molecule has 0 radical (unpaired) electrons. The maximum Gasteiger partial charge on any atom is 0.338 e. The molecule has 28 heavy (non-hydrogen) atoms. The number of alkyl halides is 3. The third kappa shape index (κ3) is 5.06. The lowest BCUT2D eigenvalue weighted by atomic mass is 9.95. The Morgan fingerprint density at radius 1 is 1.11 bits per heavy atom. The van der Waals surface area contributed by atoms with Gasteiger partial charge in [0.05, 0.1) is 32.9 Å². The van der Waals surface area contributed by atoms with Gasteiger partial charge in [0.25, 0.3) is 0 Å². The van der Waals surface area contributed by atoms with E-state index in [4.69, 9.17) is 53.8 Å². The SMILES string of the molecule is COc1cc([C@@H]2NC(=O)NC(C)=C2C(=O)OCC(Cl)(Cl)Cl)cc(OC)c1OC. The average Bonchev–Trinajstić information content (AvgIpc) is 2.63. The van der Waals surface area contributed by atoms with Crippen molar-refractivity contribution in [1.82, 2.24) is 10.6 Å². The number of halogens is 3. The highest BCUT2D eigenvalue weighted by atomic mass is 35.6. The number of rotatable bonds is 6. The molecule has 0 fully saturated rings. The Bertz CT molecular complexity index is 782. The second-order valence-electron chi connectivity index (χ2n) is 5.72. The molecule has 2 N–H and O–H groups in total. The lowest BCUT2D eigenvalue weighted by Gasteiger charge is -2.29. The molecule has 8 nitrogen and oxygen atoms in total. The summed E-state index contributed by atoms with van der Waals surface area (Å²) in [5.41, 5.74) is 0.949. The molecule has 0 aromatic heterocycles. The van der Waals surface area contributed by atoms with Crippen LogP contribution < -0.4 is 24.8 Å². The smallest absolute Gasteiger partial charge is 0.338 e. The van der Waals surface area contributed by atoms with Crippen LogP contribution in [0.3, 0.4) is 0 Å². The van der Waals surface area contributed by atoms with Crippen LogP contribution in [0, 0.1) is 0 Å². The molecule has 1 atom stereocenters. The van der Waals surface area contributed by atoms with E-state index in [9.17, 15) is 9.59 Å². The van der Waals surface area contributed by atoms with E-state index in [1.807, 2.05) is 0 Å². The van der Waals surface area contributed by atoms with Crippen LogP contribution in [0.4, 0.5) is 4.79 Å². The second-order valence-corrected chi connectivity index (χ2v) is 8.24. The first-order valence-corrected chi connectivity index (χ1v) is 9.06. The van der Waals surface area contributed by atoms with Gasteiger partial charge >= 0.3 is 12.0 Å². The monoisotopic (exact) mass is 452 g/mol. The Kier molecular flexibility index (Phi) is 7.14. The van der Waals surface area contributed by atoms with Crippen LogP contribution in [0.5, 0.6) is 17.2 Å². The highest BCUT2D eigenvalue weighted by Gasteiger charge is 2.34. The Morgan fingerprint density at radius 3 is 2.14 bits per heavy atom. The van der Waals surface area contributed by atoms with E-state index < -0.39 is 28.4 Å². The molecule has 1 aliphatic heterocycles. The van der Waals surface area contributed by atoms with Gasteiger partial charge in [0.15, 0.2) is 11.5 Å². The summed E-state index contributed by atoms with van der Waals surface area (Å²) in [6.07, 6.45) is 0. The van der Waals surface area contributed by atoms with Gasteiger partial charge in [0.2, 0.25) is 9.54 Å². The van der Waals surface area contributed by atoms with E-state index in [2.05, 4.69) is 10.6 Å². The third-order valence-corrected chi connectivity index (χ3v) is 4.20. The minimum absolute atomic E-state index is 0.142. The number of carbonyl (C=O) groups is 2. The van der Waals surface area contributed by atoms with E-state index in [1.165, 1.54) is 21.3 Å². The van der Waals surface area contributed by atoms with E-state index >= 15 is 0 Å². The van der Waals surface area contributed by atoms with Crippen molar-refractivity contribution in [3.63, 3.8) is 0 Å². The number of ether oxygens (including phenoxy) is 4. The molecule has 2 amide bonds. The van der Waals surface area contributed by atoms with E-state index in [0.29, 0.717) is 28.5 Å². The van der Waals surface area contributed by atoms with Gasteiger partial charge in [-0.05, 0) is 24.6 Å². The number of esters is 1. The van der Waals surface area contributed by atoms with Crippen LogP contribution >= 0.6 is 34.8 Å². The zero-order chi connectivity index (χ0) is 21.1. The molecule has 0 aliphatic carbocycles. The second kappa shape index (κ2) is 8.98. The fourth-order valence-electron chi connectivity index (χ4n) is 2.71. The van der Waals surface area contributed by atoms with Gasteiger partial charge in [-0.25, -0.2) is 9.59 Å². The minimum atomic E-state index is -1.77. The lowest BCUT2D eigenvalue weighted by molar-refractivity contribution is -0.139. The quantitative estimate of drug-likeness (QED) is 0.507. The molecule has 1 aromatic carbocycles. The summed E-state index contributed by atoms with van der Waals surface area (Å²) in [5.74, 6) is 0.331. The van der Waals surface area contributed by atoms with Crippen LogP contribution in [0.1, 0.15) is 18.5 Å². The summed E-state index contributed by atoms with van der Waals surface area (Å²) in [5, 5.41) is 5.20. The van der Waals surface area contributed by atoms with Gasteiger partial charge < -0.3 is 29.6 Å². The normalized spacial score (nSPS) is 16.8. The number of amides is 2. The molecule has 154 valence electrons. The topological polar surface area (TPSA) is 95.1 Å². The molecule has 1 aromatic rings. The summed E-state index contributed by atoms with van der Waals surface area (Å²) in [4.78, 5) is 24.7. The first-order chi connectivity index (χ1) is 13.1. The first-order valence-electron chi connectivity index (χ1n) is 7.93. The summed E-state index contributed by atoms with van der Waals surface area (Å²) in [7, 11) is 4.38. The molecule has 1 aliphatic rings. The number of allylic oxidation sites excluding steroid dienone is 1. The number of nitrogens with one attached hydrogen (secondary N) is 2.